The van der Waals surface area contributed by atoms with Crippen molar-refractivity contribution >= 4 is 46.1 Å². The van der Waals surface area contributed by atoms with Gasteiger partial charge in [-0.2, -0.15) is 0 Å². The van der Waals surface area contributed by atoms with Crippen LogP contribution in [0.3, 0.4) is 0 Å². The molecule has 0 fully saturated rings. The van der Waals surface area contributed by atoms with Gasteiger partial charge in [0.25, 0.3) is 0 Å². The number of nitrogens with zero attached hydrogens (tertiary/aromatic N) is 2. The maximum atomic E-state index is 11.5. The molecule has 8 rings (SSSR count). The molecule has 0 aliphatic carbocycles. The van der Waals surface area contributed by atoms with Crippen molar-refractivity contribution in [3.05, 3.63) is 179 Å². The molecule has 0 atom stereocenters. The van der Waals surface area contributed by atoms with Crippen molar-refractivity contribution in [2.24, 2.45) is 0 Å². The smallest absolute Gasteiger partial charge is 0.333 e. The fourth-order valence-electron chi connectivity index (χ4n) is 7.36. The van der Waals surface area contributed by atoms with Crippen LogP contribution in [-0.2, 0) is 31.9 Å². The Bertz CT molecular complexity index is 2340. The largest absolute Gasteiger partial charge is 0.462 e. The second-order valence-electron chi connectivity index (χ2n) is 16.1. The highest BCUT2D eigenvalue weighted by Crippen LogP contribution is 2.52. The summed E-state index contributed by atoms with van der Waals surface area (Å²) in [6, 6.07) is 42.2. The Kier molecular flexibility index (Phi) is 13.3. The monoisotopic (exact) mass is 826 g/mol. The lowest BCUT2D eigenvalue weighted by molar-refractivity contribution is -0.139. The third-order valence-electron chi connectivity index (χ3n) is 10.6. The van der Waals surface area contributed by atoms with Crippen LogP contribution >= 0.6 is 0 Å². The number of hydrogen-bond acceptors (Lipinski definition) is 8. The van der Waals surface area contributed by atoms with Gasteiger partial charge in [0.05, 0.1) is 36.0 Å². The molecule has 2 heterocycles. The zero-order valence-electron chi connectivity index (χ0n) is 36.5. The van der Waals surface area contributed by atoms with Gasteiger partial charge in [-0.1, -0.05) is 61.7 Å². The molecule has 0 radical (unpaired) electrons. The minimum atomic E-state index is -0.328. The van der Waals surface area contributed by atoms with Gasteiger partial charge in [0.15, 0.2) is 23.0 Å². The number of esters is 2. The van der Waals surface area contributed by atoms with Crippen LogP contribution in [0.25, 0.3) is 0 Å². The Morgan fingerprint density at radius 2 is 0.758 bits per heavy atom. The zero-order valence-corrected chi connectivity index (χ0v) is 36.5. The number of rotatable bonds is 12. The van der Waals surface area contributed by atoms with Crippen LogP contribution < -0.4 is 19.3 Å². The van der Waals surface area contributed by atoms with E-state index in [0.717, 1.165) is 105 Å². The topological polar surface area (TPSA) is 77.5 Å². The summed E-state index contributed by atoms with van der Waals surface area (Å²) in [7, 11) is 0. The van der Waals surface area contributed by atoms with E-state index in [1.165, 1.54) is 11.1 Å². The maximum absolute atomic E-state index is 11.5. The minimum absolute atomic E-state index is 0.328. The van der Waals surface area contributed by atoms with Crippen molar-refractivity contribution < 1.29 is 28.5 Å². The van der Waals surface area contributed by atoms with Crippen LogP contribution in [0.15, 0.2) is 146 Å². The normalized spacial score (nSPS) is 11.9. The van der Waals surface area contributed by atoms with Crippen LogP contribution in [0.5, 0.6) is 23.0 Å². The van der Waals surface area contributed by atoms with Gasteiger partial charge in [0.2, 0.25) is 0 Å². The Hall–Kier alpha value is -7.06. The molecule has 0 amide bonds. The highest BCUT2D eigenvalue weighted by atomic mass is 16.5. The quantitative estimate of drug-likeness (QED) is 0.0685. The molecular weight excluding hydrogens is 773 g/mol. The molecule has 8 nitrogen and oxygen atoms in total. The predicted molar refractivity (Wildman–Crippen MR) is 250 cm³/mol. The van der Waals surface area contributed by atoms with Crippen molar-refractivity contribution in [2.75, 3.05) is 23.0 Å². The van der Waals surface area contributed by atoms with E-state index < -0.39 is 0 Å². The van der Waals surface area contributed by atoms with Gasteiger partial charge in [0, 0.05) is 22.5 Å². The van der Waals surface area contributed by atoms with Crippen LogP contribution in [0, 0.1) is 27.7 Å². The summed E-state index contributed by atoms with van der Waals surface area (Å²) in [6.45, 7) is 19.6. The highest BCUT2D eigenvalue weighted by Gasteiger charge is 2.27. The molecule has 0 aromatic heterocycles. The summed E-state index contributed by atoms with van der Waals surface area (Å²) >= 11 is 0. The van der Waals surface area contributed by atoms with E-state index in [0.29, 0.717) is 24.4 Å². The minimum Gasteiger partial charge on any atom is -0.462 e. The number of benzene rings is 6. The van der Waals surface area contributed by atoms with Crippen LogP contribution in [0.2, 0.25) is 0 Å². The third-order valence-corrected chi connectivity index (χ3v) is 10.6. The standard InChI is InChI=1S/2C27H27NO3/c2*1-18(2)27(29)30-15-5-6-21-9-11-22(12-10-21)28-23-13-7-19(3)16-25(23)31-26-17-20(4)8-14-24(26)28/h2*7-14,16-17H,1,5-6,15H2,2-4H3. The summed E-state index contributed by atoms with van der Waals surface area (Å²) in [5.74, 6) is 2.79. The van der Waals surface area contributed by atoms with Gasteiger partial charge in [-0.15, -0.1) is 0 Å². The number of hydrogen-bond donors (Lipinski definition) is 0. The molecule has 8 heteroatoms. The van der Waals surface area contributed by atoms with E-state index >= 15 is 0 Å². The SMILES string of the molecule is C=C(C)C(=O)OCCCc1ccc(N2c3ccc(C)cc3Oc3cc(C)ccc32)cc1.C=C(C)C(=O)OCCCc1ccc(N2c3ccc(C)cc3Oc3cc(C)ccc32)cc1. The first kappa shape index (κ1) is 43.0. The van der Waals surface area contributed by atoms with E-state index in [2.05, 4.69) is 172 Å². The summed E-state index contributed by atoms with van der Waals surface area (Å²) in [5, 5.41) is 0. The third kappa shape index (κ3) is 10.1. The fourth-order valence-corrected chi connectivity index (χ4v) is 7.36. The number of anilines is 6. The Morgan fingerprint density at radius 1 is 0.468 bits per heavy atom. The molecule has 6 aromatic carbocycles. The van der Waals surface area contributed by atoms with Crippen molar-refractivity contribution in [3.8, 4) is 23.0 Å². The molecule has 0 spiro atoms. The molecule has 316 valence electrons. The average molecular weight is 827 g/mol. The van der Waals surface area contributed by atoms with Crippen molar-refractivity contribution in [1.82, 2.24) is 0 Å². The Morgan fingerprint density at radius 3 is 1.03 bits per heavy atom. The predicted octanol–water partition coefficient (Wildman–Crippen LogP) is 13.9. The van der Waals surface area contributed by atoms with Crippen molar-refractivity contribution in [2.45, 2.75) is 67.2 Å². The van der Waals surface area contributed by atoms with E-state index in [9.17, 15) is 9.59 Å². The molecule has 0 N–H and O–H groups in total. The number of fused-ring (bicyclic) bond motifs is 4. The fraction of sp³-hybridized carbons (Fsp3) is 0.222. The van der Waals surface area contributed by atoms with Gasteiger partial charge in [0.1, 0.15) is 0 Å². The first-order chi connectivity index (χ1) is 29.8. The van der Waals surface area contributed by atoms with Gasteiger partial charge in [-0.3, -0.25) is 0 Å². The first-order valence-corrected chi connectivity index (χ1v) is 21.1. The molecule has 0 saturated carbocycles. The molecule has 6 aromatic rings. The number of aryl methyl sites for hydroxylation is 6. The molecule has 0 saturated heterocycles. The summed E-state index contributed by atoms with van der Waals surface area (Å²) in [5.41, 5.74) is 14.2. The van der Waals surface area contributed by atoms with Crippen molar-refractivity contribution in [1.29, 1.82) is 0 Å². The van der Waals surface area contributed by atoms with Gasteiger partial charge in [-0.25, -0.2) is 9.59 Å². The molecule has 0 unspecified atom stereocenters. The van der Waals surface area contributed by atoms with Crippen LogP contribution in [0.4, 0.5) is 34.1 Å². The zero-order chi connectivity index (χ0) is 43.9. The summed E-state index contributed by atoms with van der Waals surface area (Å²) in [6.07, 6.45) is 3.25. The lowest BCUT2D eigenvalue weighted by atomic mass is 10.1. The number of carbonyl (C=O) groups is 2. The summed E-state index contributed by atoms with van der Waals surface area (Å²) in [4.78, 5) is 27.4. The number of carbonyl (C=O) groups excluding carboxylic acids is 2. The first-order valence-electron chi connectivity index (χ1n) is 21.1. The second kappa shape index (κ2) is 19.1. The molecule has 2 aliphatic heterocycles. The number of ether oxygens (including phenoxy) is 4. The van der Waals surface area contributed by atoms with E-state index in [4.69, 9.17) is 18.9 Å². The highest BCUT2D eigenvalue weighted by molar-refractivity contribution is 5.89. The van der Waals surface area contributed by atoms with Gasteiger partial charge in [-0.05, 0) is 173 Å². The maximum Gasteiger partial charge on any atom is 0.333 e. The molecule has 0 bridgehead atoms. The van der Waals surface area contributed by atoms with Crippen LogP contribution in [-0.4, -0.2) is 25.2 Å². The Labute approximate surface area is 365 Å². The van der Waals surface area contributed by atoms with Crippen molar-refractivity contribution in [3.63, 3.8) is 0 Å². The lowest BCUT2D eigenvalue weighted by Crippen LogP contribution is -2.16. The lowest BCUT2D eigenvalue weighted by Gasteiger charge is -2.33. The van der Waals surface area contributed by atoms with E-state index in [-0.39, 0.29) is 11.9 Å². The second-order valence-corrected chi connectivity index (χ2v) is 16.1. The summed E-state index contributed by atoms with van der Waals surface area (Å²) < 4.78 is 22.8. The van der Waals surface area contributed by atoms with Crippen LogP contribution in [0.1, 0.15) is 60.1 Å². The average Bonchev–Trinajstić information content (AvgIpc) is 3.25. The molecule has 2 aliphatic rings. The molecule has 62 heavy (non-hydrogen) atoms. The molecular formula is C54H54N2O6. The van der Waals surface area contributed by atoms with E-state index in [1.54, 1.807) is 13.8 Å². The Balaban J connectivity index is 0.000000186. The van der Waals surface area contributed by atoms with Gasteiger partial charge >= 0.3 is 11.9 Å². The van der Waals surface area contributed by atoms with Gasteiger partial charge < -0.3 is 28.7 Å². The van der Waals surface area contributed by atoms with E-state index in [1.807, 2.05) is 0 Å².